The lowest BCUT2D eigenvalue weighted by Crippen LogP contribution is -2.67. The molecule has 0 radical (unpaired) electrons. The number of hydrogen-bond acceptors (Lipinski definition) is 1. The lowest BCUT2D eigenvalue weighted by atomic mass is 9.33. The maximum atomic E-state index is 5.81. The van der Waals surface area contributed by atoms with Crippen LogP contribution in [-0.2, 0) is 11.8 Å². The van der Waals surface area contributed by atoms with Crippen LogP contribution >= 0.6 is 0 Å². The summed E-state index contributed by atoms with van der Waals surface area (Å²) in [5, 5.41) is 0. The van der Waals surface area contributed by atoms with Crippen molar-refractivity contribution < 1.29 is 0 Å². The van der Waals surface area contributed by atoms with E-state index in [1.807, 2.05) is 0 Å². The average Bonchev–Trinajstić information content (AvgIpc) is 2.15. The molecule has 2 N–H and O–H groups in total. The number of benzene rings is 1. The van der Waals surface area contributed by atoms with Gasteiger partial charge in [0.05, 0.1) is 0 Å². The van der Waals surface area contributed by atoms with E-state index in [0.717, 1.165) is 13.0 Å². The standard InChI is InChI=1S/C14H19N/c1-2-11-5-3-4-6-12(11)14-7-13(8-14,9-14)10-15/h3-6H,2,7-10,15H2,1H3. The molecule has 3 aliphatic rings. The van der Waals surface area contributed by atoms with Crippen LogP contribution in [0.2, 0.25) is 0 Å². The third kappa shape index (κ3) is 1.07. The molecule has 1 aromatic rings. The number of nitrogens with two attached hydrogens (primary N) is 1. The van der Waals surface area contributed by atoms with Gasteiger partial charge in [0.15, 0.2) is 0 Å². The molecule has 0 heterocycles. The molecule has 0 aliphatic heterocycles. The summed E-state index contributed by atoms with van der Waals surface area (Å²) in [6.45, 7) is 3.14. The van der Waals surface area contributed by atoms with Crippen LogP contribution in [0.4, 0.5) is 0 Å². The number of aryl methyl sites for hydroxylation is 1. The Morgan fingerprint density at radius 2 is 1.87 bits per heavy atom. The van der Waals surface area contributed by atoms with Crippen molar-refractivity contribution in [2.45, 2.75) is 38.0 Å². The Hall–Kier alpha value is -0.820. The molecular formula is C14H19N. The summed E-state index contributed by atoms with van der Waals surface area (Å²) in [7, 11) is 0. The molecular weight excluding hydrogens is 182 g/mol. The monoisotopic (exact) mass is 201 g/mol. The Morgan fingerprint density at radius 3 is 2.47 bits per heavy atom. The fourth-order valence-electron chi connectivity index (χ4n) is 3.85. The van der Waals surface area contributed by atoms with Crippen molar-refractivity contribution >= 4 is 0 Å². The number of hydrogen-bond donors (Lipinski definition) is 1. The highest BCUT2D eigenvalue weighted by atomic mass is 14.8. The first-order valence-corrected chi connectivity index (χ1v) is 6.02. The lowest BCUT2D eigenvalue weighted by Gasteiger charge is -2.71. The zero-order valence-electron chi connectivity index (χ0n) is 9.42. The third-order valence-electron chi connectivity index (χ3n) is 4.54. The van der Waals surface area contributed by atoms with E-state index in [1.54, 1.807) is 11.1 Å². The molecule has 3 fully saturated rings. The molecule has 2 bridgehead atoms. The van der Waals surface area contributed by atoms with E-state index in [1.165, 1.54) is 19.3 Å². The minimum atomic E-state index is 0.534. The van der Waals surface area contributed by atoms with Gasteiger partial charge in [0.1, 0.15) is 0 Å². The van der Waals surface area contributed by atoms with E-state index in [2.05, 4.69) is 31.2 Å². The maximum Gasteiger partial charge on any atom is -0.00196 e. The molecule has 0 atom stereocenters. The number of rotatable bonds is 3. The molecule has 4 rings (SSSR count). The normalized spacial score (nSPS) is 36.9. The van der Waals surface area contributed by atoms with Gasteiger partial charge in [0, 0.05) is 0 Å². The highest BCUT2D eigenvalue weighted by Gasteiger charge is 2.67. The second kappa shape index (κ2) is 2.85. The first kappa shape index (κ1) is 9.41. The van der Waals surface area contributed by atoms with Crippen molar-refractivity contribution in [3.05, 3.63) is 35.4 Å². The summed E-state index contributed by atoms with van der Waals surface area (Å²) >= 11 is 0. The van der Waals surface area contributed by atoms with Gasteiger partial charge < -0.3 is 5.73 Å². The third-order valence-corrected chi connectivity index (χ3v) is 4.54. The van der Waals surface area contributed by atoms with Crippen molar-refractivity contribution in [1.82, 2.24) is 0 Å². The first-order valence-electron chi connectivity index (χ1n) is 6.02. The summed E-state index contributed by atoms with van der Waals surface area (Å²) in [4.78, 5) is 0. The molecule has 15 heavy (non-hydrogen) atoms. The minimum absolute atomic E-state index is 0.534. The molecule has 0 unspecified atom stereocenters. The van der Waals surface area contributed by atoms with Gasteiger partial charge in [0.2, 0.25) is 0 Å². The van der Waals surface area contributed by atoms with E-state index in [0.29, 0.717) is 10.8 Å². The first-order chi connectivity index (χ1) is 7.24. The molecule has 3 saturated carbocycles. The van der Waals surface area contributed by atoms with Gasteiger partial charge in [-0.1, -0.05) is 31.2 Å². The van der Waals surface area contributed by atoms with Gasteiger partial charge in [-0.3, -0.25) is 0 Å². The van der Waals surface area contributed by atoms with Gasteiger partial charge in [-0.05, 0) is 54.2 Å². The van der Waals surface area contributed by atoms with Gasteiger partial charge in [0.25, 0.3) is 0 Å². The van der Waals surface area contributed by atoms with Gasteiger partial charge >= 0.3 is 0 Å². The molecule has 0 amide bonds. The van der Waals surface area contributed by atoms with E-state index in [-0.39, 0.29) is 0 Å². The predicted octanol–water partition coefficient (Wildman–Crippen LogP) is 2.63. The van der Waals surface area contributed by atoms with Gasteiger partial charge in [-0.2, -0.15) is 0 Å². The van der Waals surface area contributed by atoms with Crippen LogP contribution in [0.15, 0.2) is 24.3 Å². The molecule has 3 aliphatic carbocycles. The highest BCUT2D eigenvalue weighted by molar-refractivity contribution is 5.43. The second-order valence-corrected chi connectivity index (χ2v) is 5.53. The quantitative estimate of drug-likeness (QED) is 0.799. The summed E-state index contributed by atoms with van der Waals surface area (Å²) in [5.74, 6) is 0. The van der Waals surface area contributed by atoms with E-state index < -0.39 is 0 Å². The molecule has 0 spiro atoms. The zero-order chi connectivity index (χ0) is 10.5. The second-order valence-electron chi connectivity index (χ2n) is 5.53. The molecule has 1 aromatic carbocycles. The minimum Gasteiger partial charge on any atom is -0.330 e. The fourth-order valence-corrected chi connectivity index (χ4v) is 3.85. The van der Waals surface area contributed by atoms with Gasteiger partial charge in [-0.15, -0.1) is 0 Å². The fraction of sp³-hybridized carbons (Fsp3) is 0.571. The van der Waals surface area contributed by atoms with Crippen molar-refractivity contribution in [2.75, 3.05) is 6.54 Å². The topological polar surface area (TPSA) is 26.0 Å². The van der Waals surface area contributed by atoms with Crippen LogP contribution in [0.25, 0.3) is 0 Å². The van der Waals surface area contributed by atoms with Crippen LogP contribution in [0.5, 0.6) is 0 Å². The Kier molecular flexibility index (Phi) is 1.79. The molecule has 0 aromatic heterocycles. The summed E-state index contributed by atoms with van der Waals surface area (Å²) in [5.41, 5.74) is 10.0. The van der Waals surface area contributed by atoms with E-state index >= 15 is 0 Å². The van der Waals surface area contributed by atoms with Crippen molar-refractivity contribution in [1.29, 1.82) is 0 Å². The van der Waals surface area contributed by atoms with E-state index in [9.17, 15) is 0 Å². The Morgan fingerprint density at radius 1 is 1.20 bits per heavy atom. The van der Waals surface area contributed by atoms with Crippen LogP contribution < -0.4 is 5.73 Å². The van der Waals surface area contributed by atoms with Gasteiger partial charge in [-0.25, -0.2) is 0 Å². The molecule has 80 valence electrons. The summed E-state index contributed by atoms with van der Waals surface area (Å²) in [6.07, 6.45) is 5.18. The van der Waals surface area contributed by atoms with Crippen molar-refractivity contribution in [3.63, 3.8) is 0 Å². The molecule has 1 heteroatoms. The van der Waals surface area contributed by atoms with Crippen LogP contribution in [0.3, 0.4) is 0 Å². The van der Waals surface area contributed by atoms with Crippen molar-refractivity contribution in [2.24, 2.45) is 11.1 Å². The Balaban J connectivity index is 1.90. The van der Waals surface area contributed by atoms with E-state index in [4.69, 9.17) is 5.73 Å². The molecule has 1 nitrogen and oxygen atoms in total. The Labute approximate surface area is 91.7 Å². The lowest BCUT2D eigenvalue weighted by molar-refractivity contribution is -0.133. The largest absolute Gasteiger partial charge is 0.330 e. The summed E-state index contributed by atoms with van der Waals surface area (Å²) < 4.78 is 0. The highest BCUT2D eigenvalue weighted by Crippen LogP contribution is 2.73. The maximum absolute atomic E-state index is 5.81. The SMILES string of the molecule is CCc1ccccc1C12CC(CN)(C1)C2. The Bertz CT molecular complexity index is 374. The smallest absolute Gasteiger partial charge is 0.00196 e. The van der Waals surface area contributed by atoms with Crippen LogP contribution in [0, 0.1) is 5.41 Å². The van der Waals surface area contributed by atoms with Crippen LogP contribution in [0.1, 0.15) is 37.3 Å². The predicted molar refractivity (Wildman–Crippen MR) is 62.8 cm³/mol. The molecule has 0 saturated heterocycles. The van der Waals surface area contributed by atoms with Crippen LogP contribution in [-0.4, -0.2) is 6.54 Å². The summed E-state index contributed by atoms with van der Waals surface area (Å²) in [6, 6.07) is 8.96. The van der Waals surface area contributed by atoms with Crippen molar-refractivity contribution in [3.8, 4) is 0 Å². The average molecular weight is 201 g/mol. The zero-order valence-corrected chi connectivity index (χ0v) is 9.42.